The van der Waals surface area contributed by atoms with Gasteiger partial charge in [0.05, 0.1) is 22.6 Å². The maximum atomic E-state index is 13.2. The zero-order valence-corrected chi connectivity index (χ0v) is 18.0. The number of aromatic nitrogens is 2. The van der Waals surface area contributed by atoms with Crippen LogP contribution >= 0.6 is 11.8 Å². The fraction of sp³-hybridized carbons (Fsp3) is 0.136. The van der Waals surface area contributed by atoms with Gasteiger partial charge in [0.25, 0.3) is 5.56 Å². The first-order valence-corrected chi connectivity index (χ1v) is 10.6. The van der Waals surface area contributed by atoms with Gasteiger partial charge in [-0.25, -0.2) is 9.78 Å². The number of urea groups is 1. The average Bonchev–Trinajstić information content (AvgIpc) is 3.13. The lowest BCUT2D eigenvalue weighted by atomic mass is 10.1. The number of benzene rings is 2. The average molecular weight is 474 g/mol. The molecule has 0 aliphatic rings. The van der Waals surface area contributed by atoms with Crippen LogP contribution in [-0.4, -0.2) is 15.6 Å². The number of aryl methyl sites for hydroxylation is 1. The Hall–Kier alpha value is -3.73. The number of thioether (sulfide) groups is 1. The zero-order valence-electron chi connectivity index (χ0n) is 17.1. The van der Waals surface area contributed by atoms with Crippen LogP contribution in [-0.2, 0) is 11.9 Å². The van der Waals surface area contributed by atoms with Gasteiger partial charge in [-0.15, -0.1) is 16.3 Å². The van der Waals surface area contributed by atoms with Crippen molar-refractivity contribution in [1.29, 1.82) is 0 Å². The van der Waals surface area contributed by atoms with Crippen molar-refractivity contribution in [2.75, 3.05) is 10.6 Å². The Morgan fingerprint density at radius 1 is 1.06 bits per heavy atom. The van der Waals surface area contributed by atoms with Gasteiger partial charge in [-0.2, -0.15) is 13.2 Å². The number of alkyl halides is 3. The van der Waals surface area contributed by atoms with Gasteiger partial charge in [0.1, 0.15) is 5.76 Å². The number of carbonyl (C=O) groups is 1. The van der Waals surface area contributed by atoms with Gasteiger partial charge in [-0.05, 0) is 31.2 Å². The summed E-state index contributed by atoms with van der Waals surface area (Å²) in [4.78, 5) is 29.6. The van der Waals surface area contributed by atoms with E-state index in [9.17, 15) is 22.8 Å². The molecule has 0 saturated carbocycles. The topological polar surface area (TPSA) is 88.6 Å². The molecule has 0 aliphatic carbocycles. The Morgan fingerprint density at radius 3 is 2.48 bits per heavy atom. The summed E-state index contributed by atoms with van der Waals surface area (Å²) in [5, 5.41) is 4.83. The summed E-state index contributed by atoms with van der Waals surface area (Å²) in [6.07, 6.45) is -4.60. The number of carbonyl (C=O) groups excluding carboxylic acids is 1. The van der Waals surface area contributed by atoms with Crippen molar-refractivity contribution >= 4 is 34.8 Å². The molecule has 2 aromatic heterocycles. The molecule has 11 heteroatoms. The molecule has 33 heavy (non-hydrogen) atoms. The molecule has 0 atom stereocenters. The minimum absolute atomic E-state index is 0.327. The van der Waals surface area contributed by atoms with E-state index in [1.54, 1.807) is 37.3 Å². The molecule has 170 valence electrons. The van der Waals surface area contributed by atoms with Crippen LogP contribution in [0.4, 0.5) is 29.3 Å². The Bertz CT molecular complexity index is 1380. The molecule has 2 aromatic carbocycles. The Kier molecular flexibility index (Phi) is 6.14. The van der Waals surface area contributed by atoms with Crippen molar-refractivity contribution in [1.82, 2.24) is 9.56 Å². The third-order valence-corrected chi connectivity index (χ3v) is 5.62. The number of rotatable bonds is 5. The first kappa shape index (κ1) is 22.5. The van der Waals surface area contributed by atoms with Crippen LogP contribution in [0.1, 0.15) is 17.0 Å². The highest BCUT2D eigenvalue weighted by molar-refractivity contribution is 7.98. The number of hydrogen-bond donors (Lipinski definition) is 2. The van der Waals surface area contributed by atoms with Gasteiger partial charge in [-0.1, -0.05) is 24.3 Å². The van der Waals surface area contributed by atoms with Crippen LogP contribution in [0.15, 0.2) is 74.9 Å². The molecule has 4 rings (SSSR count). The minimum atomic E-state index is -4.60. The third-order valence-electron chi connectivity index (χ3n) is 4.52. The normalized spacial score (nSPS) is 11.5. The fourth-order valence-corrected chi connectivity index (χ4v) is 4.01. The second-order valence-electron chi connectivity index (χ2n) is 6.99. The lowest BCUT2D eigenvalue weighted by molar-refractivity contribution is -0.136. The molecular weight excluding hydrogens is 457 g/mol. The third kappa shape index (κ3) is 5.20. The number of halogens is 3. The summed E-state index contributed by atoms with van der Waals surface area (Å²) in [5.41, 5.74) is -0.320. The summed E-state index contributed by atoms with van der Waals surface area (Å²) < 4.78 is 45.9. The smallest absolute Gasteiger partial charge is 0.375 e. The van der Waals surface area contributed by atoms with E-state index in [4.69, 9.17) is 4.52 Å². The number of para-hydroxylation sites is 2. The standard InChI is InChI=1S/C22H17F3N4O3S/c1-13-10-19-26-14(11-20(30)29(19)32-13)12-33-18-9-5-4-8-17(18)28-21(31)27-16-7-3-2-6-15(16)22(23,24)25/h2-11H,12H2,1H3,(H2,27,28,31). The molecule has 0 bridgehead atoms. The van der Waals surface area contributed by atoms with Gasteiger partial charge in [0.2, 0.25) is 0 Å². The molecule has 0 fully saturated rings. The molecule has 7 nitrogen and oxygen atoms in total. The van der Waals surface area contributed by atoms with E-state index in [1.165, 1.54) is 36.0 Å². The molecule has 2 heterocycles. The number of fused-ring (bicyclic) bond motifs is 1. The summed E-state index contributed by atoms with van der Waals surface area (Å²) in [5.74, 6) is 0.879. The largest absolute Gasteiger partial charge is 0.418 e. The highest BCUT2D eigenvalue weighted by atomic mass is 32.2. The molecule has 0 aliphatic heterocycles. The van der Waals surface area contributed by atoms with E-state index in [2.05, 4.69) is 15.6 Å². The van der Waals surface area contributed by atoms with Crippen LogP contribution < -0.4 is 16.2 Å². The van der Waals surface area contributed by atoms with Gasteiger partial charge in [0.15, 0.2) is 5.65 Å². The predicted octanol–water partition coefficient (Wildman–Crippen LogP) is 5.55. The highest BCUT2D eigenvalue weighted by Gasteiger charge is 2.33. The van der Waals surface area contributed by atoms with E-state index in [0.717, 1.165) is 10.6 Å². The molecule has 0 saturated heterocycles. The lowest BCUT2D eigenvalue weighted by Gasteiger charge is -2.15. The number of nitrogens with zero attached hydrogens (tertiary/aromatic N) is 2. The maximum Gasteiger partial charge on any atom is 0.418 e. The van der Waals surface area contributed by atoms with Crippen molar-refractivity contribution in [3.8, 4) is 0 Å². The summed E-state index contributed by atoms with van der Waals surface area (Å²) >= 11 is 1.32. The zero-order chi connectivity index (χ0) is 23.6. The molecule has 0 spiro atoms. The van der Waals surface area contributed by atoms with Crippen molar-refractivity contribution < 1.29 is 22.5 Å². The van der Waals surface area contributed by atoms with Gasteiger partial charge < -0.3 is 15.2 Å². The van der Waals surface area contributed by atoms with Crippen LogP contribution in [0.2, 0.25) is 0 Å². The van der Waals surface area contributed by atoms with E-state index >= 15 is 0 Å². The number of anilines is 2. The van der Waals surface area contributed by atoms with E-state index in [-0.39, 0.29) is 11.2 Å². The molecular formula is C22H17F3N4O3S. The van der Waals surface area contributed by atoms with Gasteiger partial charge in [-0.3, -0.25) is 4.79 Å². The molecule has 2 N–H and O–H groups in total. The first-order chi connectivity index (χ1) is 15.7. The van der Waals surface area contributed by atoms with Gasteiger partial charge >= 0.3 is 12.2 Å². The van der Waals surface area contributed by atoms with Crippen LogP contribution in [0.3, 0.4) is 0 Å². The SMILES string of the molecule is Cc1cc2nc(CSc3ccccc3NC(=O)Nc3ccccc3C(F)(F)F)cc(=O)n2o1. The second-order valence-corrected chi connectivity index (χ2v) is 8.01. The summed E-state index contributed by atoms with van der Waals surface area (Å²) in [6.45, 7) is 1.71. The van der Waals surface area contributed by atoms with E-state index in [0.29, 0.717) is 33.4 Å². The fourth-order valence-electron chi connectivity index (χ4n) is 3.11. The van der Waals surface area contributed by atoms with E-state index in [1.807, 2.05) is 0 Å². The Balaban J connectivity index is 1.48. The first-order valence-electron chi connectivity index (χ1n) is 9.66. The van der Waals surface area contributed by atoms with Crippen LogP contribution in [0.5, 0.6) is 0 Å². The van der Waals surface area contributed by atoms with Crippen LogP contribution in [0.25, 0.3) is 5.65 Å². The van der Waals surface area contributed by atoms with Crippen molar-refractivity contribution in [2.45, 2.75) is 23.7 Å². The molecule has 2 amide bonds. The summed E-state index contributed by atoms with van der Waals surface area (Å²) in [7, 11) is 0. The summed E-state index contributed by atoms with van der Waals surface area (Å²) in [6, 6.07) is 13.8. The van der Waals surface area contributed by atoms with Crippen LogP contribution in [0, 0.1) is 6.92 Å². The van der Waals surface area contributed by atoms with Gasteiger partial charge in [0, 0.05) is 22.8 Å². The second kappa shape index (κ2) is 9.02. The lowest BCUT2D eigenvalue weighted by Crippen LogP contribution is -2.22. The minimum Gasteiger partial charge on any atom is -0.375 e. The Labute approximate surface area is 189 Å². The predicted molar refractivity (Wildman–Crippen MR) is 119 cm³/mol. The maximum absolute atomic E-state index is 13.2. The Morgan fingerprint density at radius 2 is 1.73 bits per heavy atom. The van der Waals surface area contributed by atoms with E-state index < -0.39 is 17.8 Å². The quantitative estimate of drug-likeness (QED) is 0.370. The monoisotopic (exact) mass is 474 g/mol. The number of hydrogen-bond acceptors (Lipinski definition) is 5. The van der Waals surface area contributed by atoms with Crippen molar-refractivity contribution in [3.63, 3.8) is 0 Å². The van der Waals surface area contributed by atoms with Crippen molar-refractivity contribution in [3.05, 3.63) is 88.0 Å². The highest BCUT2D eigenvalue weighted by Crippen LogP contribution is 2.35. The molecule has 0 unspecified atom stereocenters. The molecule has 4 aromatic rings. The number of amides is 2. The number of nitrogens with one attached hydrogen (secondary N) is 2. The van der Waals surface area contributed by atoms with Crippen molar-refractivity contribution in [2.24, 2.45) is 0 Å². The molecule has 0 radical (unpaired) electrons.